The summed E-state index contributed by atoms with van der Waals surface area (Å²) in [5.41, 5.74) is 1.38. The third-order valence-corrected chi connectivity index (χ3v) is 5.11. The van der Waals surface area contributed by atoms with Gasteiger partial charge in [-0.05, 0) is 43.7 Å². The quantitative estimate of drug-likeness (QED) is 0.856. The van der Waals surface area contributed by atoms with Crippen LogP contribution in [0.1, 0.15) is 53.7 Å². The summed E-state index contributed by atoms with van der Waals surface area (Å²) < 4.78 is 19.7. The van der Waals surface area contributed by atoms with E-state index in [-0.39, 0.29) is 30.2 Å². The molecule has 27 heavy (non-hydrogen) atoms. The van der Waals surface area contributed by atoms with Crippen LogP contribution in [-0.4, -0.2) is 24.0 Å². The lowest BCUT2D eigenvalue weighted by Crippen LogP contribution is -2.46. The smallest absolute Gasteiger partial charge is 0.251 e. The third kappa shape index (κ3) is 3.27. The van der Waals surface area contributed by atoms with Gasteiger partial charge in [0.1, 0.15) is 17.2 Å². The maximum absolute atomic E-state index is 13.8. The molecule has 2 aromatic rings. The minimum Gasteiger partial charge on any atom is -0.487 e. The largest absolute Gasteiger partial charge is 0.487 e. The molecule has 0 spiro atoms. The van der Waals surface area contributed by atoms with E-state index in [0.717, 1.165) is 0 Å². The summed E-state index contributed by atoms with van der Waals surface area (Å²) in [6.07, 6.45) is 0.524. The van der Waals surface area contributed by atoms with Crippen molar-refractivity contribution in [3.63, 3.8) is 0 Å². The Morgan fingerprint density at radius 1 is 1.22 bits per heavy atom. The number of halogens is 1. The lowest BCUT2D eigenvalue weighted by atomic mass is 9.87. The number of rotatable bonds is 2. The average molecular weight is 368 g/mol. The van der Waals surface area contributed by atoms with Crippen LogP contribution in [0.2, 0.25) is 0 Å². The van der Waals surface area contributed by atoms with E-state index in [1.165, 1.54) is 12.1 Å². The van der Waals surface area contributed by atoms with Gasteiger partial charge in [0.25, 0.3) is 5.91 Å². The van der Waals surface area contributed by atoms with Gasteiger partial charge in [-0.3, -0.25) is 9.59 Å². The third-order valence-electron chi connectivity index (χ3n) is 5.11. The van der Waals surface area contributed by atoms with Crippen LogP contribution in [0.25, 0.3) is 0 Å². The van der Waals surface area contributed by atoms with Gasteiger partial charge in [0.15, 0.2) is 0 Å². The molecule has 0 saturated carbocycles. The highest BCUT2D eigenvalue weighted by Crippen LogP contribution is 2.40. The second-order valence-electron chi connectivity index (χ2n) is 7.66. The number of ether oxygens (including phenoxy) is 1. The Labute approximate surface area is 156 Å². The number of fused-ring (bicyclic) bond motifs is 2. The molecule has 0 saturated heterocycles. The minimum absolute atomic E-state index is 0.172. The fraction of sp³-hybridized carbons (Fsp3) is 0.333. The Hall–Kier alpha value is -2.89. The Balaban J connectivity index is 1.63. The van der Waals surface area contributed by atoms with E-state index in [1.807, 2.05) is 19.9 Å². The molecule has 2 aliphatic rings. The van der Waals surface area contributed by atoms with Crippen molar-refractivity contribution < 1.29 is 18.7 Å². The molecule has 0 aliphatic carbocycles. The number of amides is 2. The number of carbonyl (C=O) groups excluding carboxylic acids is 2. The number of hydrogen-bond acceptors (Lipinski definition) is 3. The van der Waals surface area contributed by atoms with Crippen LogP contribution < -0.4 is 15.4 Å². The molecule has 0 fully saturated rings. The maximum Gasteiger partial charge on any atom is 0.251 e. The highest BCUT2D eigenvalue weighted by Gasteiger charge is 2.37. The SMILES string of the molecule is CC1(C)CC(NC(=O)C2CNC(=O)c3ccccc32)c2cc(F)ccc2O1. The van der Waals surface area contributed by atoms with Gasteiger partial charge in [-0.15, -0.1) is 0 Å². The summed E-state index contributed by atoms with van der Waals surface area (Å²) in [7, 11) is 0. The summed E-state index contributed by atoms with van der Waals surface area (Å²) in [5, 5.41) is 5.81. The zero-order valence-corrected chi connectivity index (χ0v) is 15.2. The number of benzene rings is 2. The van der Waals surface area contributed by atoms with Crippen LogP contribution in [-0.2, 0) is 4.79 Å². The van der Waals surface area contributed by atoms with Crippen LogP contribution in [0.5, 0.6) is 5.75 Å². The Bertz CT molecular complexity index is 925. The van der Waals surface area contributed by atoms with Gasteiger partial charge in [0, 0.05) is 24.1 Å². The van der Waals surface area contributed by atoms with Crippen LogP contribution in [0.15, 0.2) is 42.5 Å². The first-order valence-electron chi connectivity index (χ1n) is 9.00. The second-order valence-corrected chi connectivity index (χ2v) is 7.66. The van der Waals surface area contributed by atoms with Crippen molar-refractivity contribution in [1.29, 1.82) is 0 Å². The summed E-state index contributed by atoms with van der Waals surface area (Å²) in [6.45, 7) is 4.12. The second kappa shape index (κ2) is 6.37. The first kappa shape index (κ1) is 17.5. The van der Waals surface area contributed by atoms with Crippen molar-refractivity contribution >= 4 is 11.8 Å². The van der Waals surface area contributed by atoms with Crippen molar-refractivity contribution in [2.24, 2.45) is 0 Å². The Morgan fingerprint density at radius 3 is 2.81 bits per heavy atom. The summed E-state index contributed by atoms with van der Waals surface area (Å²) in [5.74, 6) is -0.640. The molecule has 0 aromatic heterocycles. The molecular formula is C21H21FN2O3. The lowest BCUT2D eigenvalue weighted by Gasteiger charge is -2.38. The number of carbonyl (C=O) groups is 2. The number of hydrogen-bond donors (Lipinski definition) is 2. The van der Waals surface area contributed by atoms with Gasteiger partial charge in [0.05, 0.1) is 12.0 Å². The summed E-state index contributed by atoms with van der Waals surface area (Å²) >= 11 is 0. The van der Waals surface area contributed by atoms with Crippen molar-refractivity contribution in [2.45, 2.75) is 37.8 Å². The van der Waals surface area contributed by atoms with E-state index in [9.17, 15) is 14.0 Å². The maximum atomic E-state index is 13.8. The predicted molar refractivity (Wildman–Crippen MR) is 98.1 cm³/mol. The zero-order chi connectivity index (χ0) is 19.2. The molecule has 4 rings (SSSR count). The molecule has 2 aromatic carbocycles. The normalized spacial score (nSPS) is 22.7. The van der Waals surface area contributed by atoms with E-state index in [2.05, 4.69) is 10.6 Å². The fourth-order valence-electron chi connectivity index (χ4n) is 3.87. The van der Waals surface area contributed by atoms with Gasteiger partial charge in [-0.1, -0.05) is 18.2 Å². The Kier molecular flexibility index (Phi) is 4.13. The van der Waals surface area contributed by atoms with Gasteiger partial charge in [-0.2, -0.15) is 0 Å². The van der Waals surface area contributed by atoms with E-state index >= 15 is 0 Å². The van der Waals surface area contributed by atoms with Crippen molar-refractivity contribution in [1.82, 2.24) is 10.6 Å². The van der Waals surface area contributed by atoms with E-state index in [4.69, 9.17) is 4.74 Å². The summed E-state index contributed by atoms with van der Waals surface area (Å²) in [4.78, 5) is 25.1. The molecule has 0 radical (unpaired) electrons. The first-order chi connectivity index (χ1) is 12.8. The van der Waals surface area contributed by atoms with Crippen molar-refractivity contribution in [3.8, 4) is 5.75 Å². The van der Waals surface area contributed by atoms with Crippen LogP contribution in [0.4, 0.5) is 4.39 Å². The molecular weight excluding hydrogens is 347 g/mol. The lowest BCUT2D eigenvalue weighted by molar-refractivity contribution is -0.123. The standard InChI is InChI=1S/C21H21FN2O3/c1-21(2)10-17(15-9-12(22)7-8-18(15)27-21)24-20(26)16-11-23-19(25)14-6-4-3-5-13(14)16/h3-9,16-17H,10-11H2,1-2H3,(H,23,25)(H,24,26). The molecule has 2 unspecified atom stereocenters. The monoisotopic (exact) mass is 368 g/mol. The van der Waals surface area contributed by atoms with E-state index in [0.29, 0.717) is 28.9 Å². The van der Waals surface area contributed by atoms with Crippen LogP contribution >= 0.6 is 0 Å². The molecule has 2 N–H and O–H groups in total. The van der Waals surface area contributed by atoms with Crippen LogP contribution in [0.3, 0.4) is 0 Å². The fourth-order valence-corrected chi connectivity index (χ4v) is 3.87. The van der Waals surface area contributed by atoms with E-state index < -0.39 is 11.5 Å². The highest BCUT2D eigenvalue weighted by molar-refractivity contribution is 6.00. The van der Waals surface area contributed by atoms with Gasteiger partial charge >= 0.3 is 0 Å². The topological polar surface area (TPSA) is 67.4 Å². The molecule has 5 nitrogen and oxygen atoms in total. The van der Waals surface area contributed by atoms with Gasteiger partial charge in [0.2, 0.25) is 5.91 Å². The number of nitrogens with one attached hydrogen (secondary N) is 2. The highest BCUT2D eigenvalue weighted by atomic mass is 19.1. The first-order valence-corrected chi connectivity index (χ1v) is 9.00. The van der Waals surface area contributed by atoms with E-state index in [1.54, 1.807) is 24.3 Å². The molecule has 2 atom stereocenters. The molecule has 2 aliphatic heterocycles. The van der Waals surface area contributed by atoms with Crippen molar-refractivity contribution in [3.05, 3.63) is 65.0 Å². The van der Waals surface area contributed by atoms with Gasteiger partial charge in [-0.25, -0.2) is 4.39 Å². The van der Waals surface area contributed by atoms with Crippen molar-refractivity contribution in [2.75, 3.05) is 6.54 Å². The van der Waals surface area contributed by atoms with Crippen LogP contribution in [0, 0.1) is 5.82 Å². The van der Waals surface area contributed by atoms with Gasteiger partial charge < -0.3 is 15.4 Å². The average Bonchev–Trinajstić information content (AvgIpc) is 2.62. The zero-order valence-electron chi connectivity index (χ0n) is 15.2. The Morgan fingerprint density at radius 2 is 2.00 bits per heavy atom. The molecule has 140 valence electrons. The predicted octanol–water partition coefficient (Wildman–Crippen LogP) is 3.07. The minimum atomic E-state index is -0.485. The molecule has 2 heterocycles. The summed E-state index contributed by atoms with van der Waals surface area (Å²) in [6, 6.07) is 11.1. The molecule has 2 amide bonds. The molecule has 0 bridgehead atoms. The molecule has 6 heteroatoms.